The van der Waals surface area contributed by atoms with Crippen LogP contribution in [0.5, 0.6) is 0 Å². The van der Waals surface area contributed by atoms with Crippen LogP contribution >= 0.6 is 0 Å². The Balaban J connectivity index is 1.30. The monoisotopic (exact) mass is 374 g/mol. The number of benzene rings is 1. The third kappa shape index (κ3) is 4.43. The fourth-order valence-corrected chi connectivity index (χ4v) is 3.20. The number of carbonyl (C=O) groups excluding carboxylic acids is 1. The first kappa shape index (κ1) is 17.9. The average molecular weight is 374 g/mol. The van der Waals surface area contributed by atoms with Gasteiger partial charge in [-0.1, -0.05) is 36.4 Å². The van der Waals surface area contributed by atoms with Crippen LogP contribution in [-0.4, -0.2) is 52.2 Å². The average Bonchev–Trinajstić information content (AvgIpc) is 2.76. The van der Waals surface area contributed by atoms with Crippen LogP contribution in [0.3, 0.4) is 0 Å². The summed E-state index contributed by atoms with van der Waals surface area (Å²) in [6.07, 6.45) is 2.18. The molecule has 1 aliphatic heterocycles. The van der Waals surface area contributed by atoms with E-state index in [9.17, 15) is 4.79 Å². The van der Waals surface area contributed by atoms with E-state index in [-0.39, 0.29) is 5.91 Å². The number of hydrogen-bond donors (Lipinski definition) is 1. The molecule has 0 unspecified atom stereocenters. The van der Waals surface area contributed by atoms with Crippen molar-refractivity contribution in [3.8, 4) is 0 Å². The van der Waals surface area contributed by atoms with Crippen molar-refractivity contribution in [3.63, 3.8) is 0 Å². The van der Waals surface area contributed by atoms with Crippen LogP contribution < -0.4 is 10.2 Å². The zero-order valence-corrected chi connectivity index (χ0v) is 15.5. The predicted octanol–water partition coefficient (Wildman–Crippen LogP) is 2.51. The maximum atomic E-state index is 12.5. The molecular weight excluding hydrogens is 352 g/mol. The van der Waals surface area contributed by atoms with E-state index in [4.69, 9.17) is 0 Å². The van der Waals surface area contributed by atoms with Crippen molar-refractivity contribution in [2.45, 2.75) is 6.42 Å². The minimum Gasteiger partial charge on any atom is -0.352 e. The van der Waals surface area contributed by atoms with Crippen molar-refractivity contribution in [3.05, 3.63) is 72.4 Å². The highest BCUT2D eigenvalue weighted by atomic mass is 16.2. The molecule has 28 heavy (non-hydrogen) atoms. The zero-order valence-electron chi connectivity index (χ0n) is 15.5. The number of aromatic nitrogens is 3. The van der Waals surface area contributed by atoms with Crippen LogP contribution in [0.4, 0.5) is 17.5 Å². The Labute approximate surface area is 164 Å². The second kappa shape index (κ2) is 8.47. The highest BCUT2D eigenvalue weighted by Gasteiger charge is 2.22. The highest BCUT2D eigenvalue weighted by Crippen LogP contribution is 2.17. The first-order valence-electron chi connectivity index (χ1n) is 9.36. The molecule has 0 spiro atoms. The molecule has 3 aromatic rings. The van der Waals surface area contributed by atoms with Crippen LogP contribution in [0.25, 0.3) is 0 Å². The molecule has 1 fully saturated rings. The van der Waals surface area contributed by atoms with E-state index in [2.05, 4.69) is 25.4 Å². The Morgan fingerprint density at radius 3 is 2.32 bits per heavy atom. The molecule has 0 aliphatic carbocycles. The number of carbonyl (C=O) groups is 1. The summed E-state index contributed by atoms with van der Waals surface area (Å²) in [5.41, 5.74) is 1.05. The molecule has 1 saturated heterocycles. The van der Waals surface area contributed by atoms with E-state index in [1.807, 2.05) is 65.6 Å². The lowest BCUT2D eigenvalue weighted by atomic mass is 10.1. The van der Waals surface area contributed by atoms with Crippen LogP contribution in [0.15, 0.2) is 66.9 Å². The van der Waals surface area contributed by atoms with E-state index in [0.717, 1.165) is 30.3 Å². The number of piperazine rings is 1. The first-order chi connectivity index (χ1) is 13.8. The van der Waals surface area contributed by atoms with E-state index in [0.29, 0.717) is 25.3 Å². The third-order valence-corrected chi connectivity index (χ3v) is 4.73. The largest absolute Gasteiger partial charge is 0.352 e. The molecule has 1 aliphatic rings. The number of pyridine rings is 1. The molecule has 0 atom stereocenters. The fourth-order valence-electron chi connectivity index (χ4n) is 3.20. The summed E-state index contributed by atoms with van der Waals surface area (Å²) in [6.45, 7) is 2.90. The molecule has 142 valence electrons. The molecule has 4 rings (SSSR count). The van der Waals surface area contributed by atoms with Crippen molar-refractivity contribution < 1.29 is 4.79 Å². The van der Waals surface area contributed by atoms with Crippen LogP contribution in [0.2, 0.25) is 0 Å². The van der Waals surface area contributed by atoms with E-state index < -0.39 is 0 Å². The smallest absolute Gasteiger partial charge is 0.227 e. The zero-order chi connectivity index (χ0) is 19.2. The van der Waals surface area contributed by atoms with Crippen LogP contribution in [-0.2, 0) is 11.2 Å². The molecular formula is C21H22N6O. The van der Waals surface area contributed by atoms with Crippen molar-refractivity contribution in [1.82, 2.24) is 20.1 Å². The van der Waals surface area contributed by atoms with E-state index in [1.165, 1.54) is 0 Å². The summed E-state index contributed by atoms with van der Waals surface area (Å²) in [5.74, 6) is 2.38. The van der Waals surface area contributed by atoms with Gasteiger partial charge in [-0.3, -0.25) is 4.79 Å². The number of nitrogens with zero attached hydrogens (tertiary/aromatic N) is 5. The van der Waals surface area contributed by atoms with Crippen molar-refractivity contribution in [2.75, 3.05) is 36.4 Å². The lowest BCUT2D eigenvalue weighted by molar-refractivity contribution is -0.130. The van der Waals surface area contributed by atoms with Gasteiger partial charge in [-0.2, -0.15) is 0 Å². The minimum atomic E-state index is 0.173. The second-order valence-electron chi connectivity index (χ2n) is 6.65. The molecule has 7 nitrogen and oxygen atoms in total. The Kier molecular flexibility index (Phi) is 5.42. The molecule has 3 heterocycles. The third-order valence-electron chi connectivity index (χ3n) is 4.73. The molecule has 0 radical (unpaired) electrons. The second-order valence-corrected chi connectivity index (χ2v) is 6.65. The van der Waals surface area contributed by atoms with Gasteiger partial charge in [0, 0.05) is 32.4 Å². The summed E-state index contributed by atoms with van der Waals surface area (Å²) >= 11 is 0. The highest BCUT2D eigenvalue weighted by molar-refractivity contribution is 5.79. The number of rotatable bonds is 5. The molecule has 0 saturated carbocycles. The van der Waals surface area contributed by atoms with Crippen molar-refractivity contribution in [1.29, 1.82) is 0 Å². The lowest BCUT2D eigenvalue weighted by Crippen LogP contribution is -2.49. The first-order valence-corrected chi connectivity index (χ1v) is 9.36. The normalized spacial score (nSPS) is 14.0. The summed E-state index contributed by atoms with van der Waals surface area (Å²) in [6, 6.07) is 19.4. The maximum Gasteiger partial charge on any atom is 0.227 e. The minimum absolute atomic E-state index is 0.173. The maximum absolute atomic E-state index is 12.5. The van der Waals surface area contributed by atoms with Gasteiger partial charge in [0.25, 0.3) is 0 Å². The van der Waals surface area contributed by atoms with Gasteiger partial charge in [-0.15, -0.1) is 10.2 Å². The number of amides is 1. The van der Waals surface area contributed by atoms with Gasteiger partial charge in [-0.25, -0.2) is 4.98 Å². The standard InChI is InChI=1S/C21H22N6O/c28-21(16-17-6-2-1-3-7-17)27-14-12-26(13-15-27)20-10-9-19(24-25-20)23-18-8-4-5-11-22-18/h1-11H,12-16H2,(H,22,23,24). The molecule has 0 bridgehead atoms. The number of anilines is 3. The number of hydrogen-bond acceptors (Lipinski definition) is 6. The van der Waals surface area contributed by atoms with Gasteiger partial charge in [0.1, 0.15) is 5.82 Å². The van der Waals surface area contributed by atoms with E-state index >= 15 is 0 Å². The van der Waals surface area contributed by atoms with Crippen molar-refractivity contribution >= 4 is 23.4 Å². The topological polar surface area (TPSA) is 74.2 Å². The molecule has 1 N–H and O–H groups in total. The quantitative estimate of drug-likeness (QED) is 0.740. The molecule has 1 aromatic carbocycles. The van der Waals surface area contributed by atoms with Gasteiger partial charge in [-0.05, 0) is 29.8 Å². The Morgan fingerprint density at radius 2 is 1.64 bits per heavy atom. The summed E-state index contributed by atoms with van der Waals surface area (Å²) in [5, 5.41) is 11.7. The predicted molar refractivity (Wildman–Crippen MR) is 108 cm³/mol. The Hall–Kier alpha value is -3.48. The summed E-state index contributed by atoms with van der Waals surface area (Å²) < 4.78 is 0. The van der Waals surface area contributed by atoms with Gasteiger partial charge < -0.3 is 15.1 Å². The van der Waals surface area contributed by atoms with Gasteiger partial charge in [0.2, 0.25) is 5.91 Å². The van der Waals surface area contributed by atoms with Crippen LogP contribution in [0.1, 0.15) is 5.56 Å². The fraction of sp³-hybridized carbons (Fsp3) is 0.238. The molecule has 1 amide bonds. The van der Waals surface area contributed by atoms with Gasteiger partial charge >= 0.3 is 0 Å². The van der Waals surface area contributed by atoms with Gasteiger partial charge in [0.15, 0.2) is 11.6 Å². The van der Waals surface area contributed by atoms with Crippen molar-refractivity contribution in [2.24, 2.45) is 0 Å². The summed E-state index contributed by atoms with van der Waals surface area (Å²) in [4.78, 5) is 20.8. The van der Waals surface area contributed by atoms with E-state index in [1.54, 1.807) is 6.20 Å². The Morgan fingerprint density at radius 1 is 0.857 bits per heavy atom. The molecule has 2 aromatic heterocycles. The Bertz CT molecular complexity index is 893. The molecule has 7 heteroatoms. The lowest BCUT2D eigenvalue weighted by Gasteiger charge is -2.35. The summed E-state index contributed by atoms with van der Waals surface area (Å²) in [7, 11) is 0. The number of nitrogens with one attached hydrogen (secondary N) is 1. The van der Waals surface area contributed by atoms with Crippen LogP contribution in [0, 0.1) is 0 Å². The van der Waals surface area contributed by atoms with Gasteiger partial charge in [0.05, 0.1) is 6.42 Å². The SMILES string of the molecule is O=C(Cc1ccccc1)N1CCN(c2ccc(Nc3ccccn3)nn2)CC1.